The van der Waals surface area contributed by atoms with Gasteiger partial charge in [-0.2, -0.15) is 0 Å². The molecule has 3 rings (SSSR count). The molecule has 2 heterocycles. The molecule has 0 radical (unpaired) electrons. The third kappa shape index (κ3) is 3.82. The van der Waals surface area contributed by atoms with Gasteiger partial charge in [0, 0.05) is 23.5 Å². The maximum Gasteiger partial charge on any atom is 0.308 e. The van der Waals surface area contributed by atoms with Crippen LogP contribution < -0.4 is 9.47 Å². The molecule has 0 N–H and O–H groups in total. The van der Waals surface area contributed by atoms with Gasteiger partial charge in [0.25, 0.3) is 0 Å². The zero-order chi connectivity index (χ0) is 20.3. The summed E-state index contributed by atoms with van der Waals surface area (Å²) in [6.45, 7) is 10.9. The molecule has 1 aromatic heterocycles. The van der Waals surface area contributed by atoms with Crippen molar-refractivity contribution < 1.29 is 14.3 Å². The molecule has 0 atom stereocenters. The zero-order valence-corrected chi connectivity index (χ0v) is 18.2. The van der Waals surface area contributed by atoms with Crippen molar-refractivity contribution in [2.45, 2.75) is 65.7 Å². The number of esters is 1. The Morgan fingerprint density at radius 3 is 2.64 bits per heavy atom. The SMILES string of the molecule is CCc1csc(OC(C)=O)c1C#Cc1cc2c(cc1C)OCCC2(CC)CC. The van der Waals surface area contributed by atoms with Gasteiger partial charge in [-0.1, -0.05) is 32.6 Å². The highest BCUT2D eigenvalue weighted by molar-refractivity contribution is 7.12. The standard InChI is InChI=1S/C24H28O3S/c1-6-18-15-28-23(27-17(5)25)20(18)10-9-19-14-21-22(13-16(19)4)26-12-11-24(21,7-2)8-3/h13-15H,6-8,11-12H2,1-5H3. The summed E-state index contributed by atoms with van der Waals surface area (Å²) < 4.78 is 11.3. The summed E-state index contributed by atoms with van der Waals surface area (Å²) in [5, 5.41) is 2.61. The molecule has 1 aliphatic rings. The quantitative estimate of drug-likeness (QED) is 0.485. The fourth-order valence-electron chi connectivity index (χ4n) is 3.93. The van der Waals surface area contributed by atoms with Gasteiger partial charge in [-0.3, -0.25) is 4.79 Å². The van der Waals surface area contributed by atoms with E-state index < -0.39 is 0 Å². The van der Waals surface area contributed by atoms with Gasteiger partial charge in [0.1, 0.15) is 5.75 Å². The number of carbonyl (C=O) groups excluding carboxylic acids is 1. The smallest absolute Gasteiger partial charge is 0.308 e. The average Bonchev–Trinajstić information content (AvgIpc) is 3.06. The molecule has 3 nitrogen and oxygen atoms in total. The minimum absolute atomic E-state index is 0.164. The first kappa shape index (κ1) is 20.5. The van der Waals surface area contributed by atoms with Gasteiger partial charge in [0.15, 0.2) is 5.06 Å². The van der Waals surface area contributed by atoms with E-state index in [-0.39, 0.29) is 11.4 Å². The van der Waals surface area contributed by atoms with Crippen LogP contribution in [0.2, 0.25) is 0 Å². The molecule has 1 aromatic carbocycles. The number of carbonyl (C=O) groups is 1. The molecule has 0 spiro atoms. The van der Waals surface area contributed by atoms with Crippen LogP contribution in [0, 0.1) is 18.8 Å². The largest absolute Gasteiger partial charge is 0.493 e. The Hall–Kier alpha value is -2.25. The fraction of sp³-hybridized carbons (Fsp3) is 0.458. The number of benzene rings is 1. The van der Waals surface area contributed by atoms with Crippen molar-refractivity contribution in [3.8, 4) is 22.7 Å². The van der Waals surface area contributed by atoms with Gasteiger partial charge in [0.05, 0.1) is 12.2 Å². The molecule has 1 aliphatic heterocycles. The van der Waals surface area contributed by atoms with Crippen molar-refractivity contribution in [2.75, 3.05) is 6.61 Å². The van der Waals surface area contributed by atoms with Crippen LogP contribution in [0.3, 0.4) is 0 Å². The third-order valence-corrected chi connectivity index (χ3v) is 6.77. The van der Waals surface area contributed by atoms with Gasteiger partial charge in [-0.05, 0) is 61.2 Å². The highest BCUT2D eigenvalue weighted by atomic mass is 32.1. The van der Waals surface area contributed by atoms with Crippen molar-refractivity contribution in [3.05, 3.63) is 45.3 Å². The molecule has 0 fully saturated rings. The van der Waals surface area contributed by atoms with E-state index in [0.29, 0.717) is 5.06 Å². The molecule has 2 aromatic rings. The molecule has 28 heavy (non-hydrogen) atoms. The van der Waals surface area contributed by atoms with E-state index in [0.717, 1.165) is 60.3 Å². The van der Waals surface area contributed by atoms with Crippen LogP contribution in [0.1, 0.15) is 74.8 Å². The Bertz CT molecular complexity index is 939. The van der Waals surface area contributed by atoms with Crippen LogP contribution >= 0.6 is 11.3 Å². The predicted octanol–water partition coefficient (Wildman–Crippen LogP) is 5.78. The topological polar surface area (TPSA) is 35.5 Å². The second kappa shape index (κ2) is 8.41. The van der Waals surface area contributed by atoms with Crippen LogP contribution in [0.15, 0.2) is 17.5 Å². The van der Waals surface area contributed by atoms with E-state index in [4.69, 9.17) is 9.47 Å². The summed E-state index contributed by atoms with van der Waals surface area (Å²) in [7, 11) is 0. The zero-order valence-electron chi connectivity index (χ0n) is 17.4. The van der Waals surface area contributed by atoms with Crippen molar-refractivity contribution in [1.82, 2.24) is 0 Å². The van der Waals surface area contributed by atoms with Gasteiger partial charge >= 0.3 is 5.97 Å². The van der Waals surface area contributed by atoms with Crippen LogP contribution in [-0.4, -0.2) is 12.6 Å². The van der Waals surface area contributed by atoms with Crippen LogP contribution in [-0.2, 0) is 16.6 Å². The molecule has 0 unspecified atom stereocenters. The molecule has 0 saturated heterocycles. The normalized spacial score (nSPS) is 14.5. The number of rotatable bonds is 4. The number of aryl methyl sites for hydroxylation is 2. The third-order valence-electron chi connectivity index (χ3n) is 5.86. The van der Waals surface area contributed by atoms with Crippen molar-refractivity contribution in [2.24, 2.45) is 0 Å². The lowest BCUT2D eigenvalue weighted by molar-refractivity contribution is -0.131. The fourth-order valence-corrected chi connectivity index (χ4v) is 4.93. The maximum absolute atomic E-state index is 11.4. The predicted molar refractivity (Wildman–Crippen MR) is 115 cm³/mol. The van der Waals surface area contributed by atoms with Gasteiger partial charge < -0.3 is 9.47 Å². The van der Waals surface area contributed by atoms with Crippen LogP contribution in [0.5, 0.6) is 10.8 Å². The number of thiophene rings is 1. The molecular formula is C24H28O3S. The highest BCUT2D eigenvalue weighted by Gasteiger charge is 2.35. The lowest BCUT2D eigenvalue weighted by atomic mass is 9.71. The Morgan fingerprint density at radius 1 is 1.25 bits per heavy atom. The molecular weight excluding hydrogens is 368 g/mol. The summed E-state index contributed by atoms with van der Waals surface area (Å²) in [6.07, 6.45) is 4.09. The minimum Gasteiger partial charge on any atom is -0.493 e. The number of hydrogen-bond acceptors (Lipinski definition) is 4. The first-order valence-electron chi connectivity index (χ1n) is 10.0. The van der Waals surface area contributed by atoms with Gasteiger partial charge in [0.2, 0.25) is 0 Å². The molecule has 0 aliphatic carbocycles. The first-order chi connectivity index (χ1) is 13.4. The summed E-state index contributed by atoms with van der Waals surface area (Å²) >= 11 is 1.43. The van der Waals surface area contributed by atoms with E-state index in [1.54, 1.807) is 0 Å². The summed E-state index contributed by atoms with van der Waals surface area (Å²) in [5.74, 6) is 7.33. The van der Waals surface area contributed by atoms with E-state index in [1.165, 1.54) is 23.8 Å². The van der Waals surface area contributed by atoms with E-state index in [1.807, 2.05) is 5.38 Å². The first-order valence-corrected chi connectivity index (χ1v) is 10.9. The summed E-state index contributed by atoms with van der Waals surface area (Å²) in [5.41, 5.74) is 5.50. The van der Waals surface area contributed by atoms with Crippen molar-refractivity contribution in [1.29, 1.82) is 0 Å². The number of ether oxygens (including phenoxy) is 2. The lowest BCUT2D eigenvalue weighted by Gasteiger charge is -2.38. The van der Waals surface area contributed by atoms with Crippen LogP contribution in [0.4, 0.5) is 0 Å². The van der Waals surface area contributed by atoms with E-state index >= 15 is 0 Å². The summed E-state index contributed by atoms with van der Waals surface area (Å²) in [6, 6.07) is 4.34. The van der Waals surface area contributed by atoms with Crippen LogP contribution in [0.25, 0.3) is 0 Å². The Labute approximate surface area is 172 Å². The van der Waals surface area contributed by atoms with E-state index in [2.05, 4.69) is 51.7 Å². The van der Waals surface area contributed by atoms with Gasteiger partial charge in [-0.25, -0.2) is 0 Å². The highest BCUT2D eigenvalue weighted by Crippen LogP contribution is 2.44. The number of hydrogen-bond donors (Lipinski definition) is 0. The maximum atomic E-state index is 11.4. The Morgan fingerprint density at radius 2 is 2.00 bits per heavy atom. The second-order valence-electron chi connectivity index (χ2n) is 7.37. The molecule has 148 valence electrons. The monoisotopic (exact) mass is 396 g/mol. The Kier molecular flexibility index (Phi) is 6.15. The number of fused-ring (bicyclic) bond motifs is 1. The molecule has 0 amide bonds. The van der Waals surface area contributed by atoms with Crippen molar-refractivity contribution in [3.63, 3.8) is 0 Å². The molecule has 4 heteroatoms. The van der Waals surface area contributed by atoms with E-state index in [9.17, 15) is 4.79 Å². The van der Waals surface area contributed by atoms with Crippen molar-refractivity contribution >= 4 is 17.3 Å². The Balaban J connectivity index is 2.07. The summed E-state index contributed by atoms with van der Waals surface area (Å²) in [4.78, 5) is 11.4. The molecule has 0 bridgehead atoms. The minimum atomic E-state index is -0.315. The lowest BCUT2D eigenvalue weighted by Crippen LogP contribution is -2.32. The molecule has 0 saturated carbocycles. The average molecular weight is 397 g/mol. The second-order valence-corrected chi connectivity index (χ2v) is 8.21. The van der Waals surface area contributed by atoms with Gasteiger partial charge in [-0.15, -0.1) is 11.3 Å².